The second-order valence-electron chi connectivity index (χ2n) is 5.01. The maximum Gasteiger partial charge on any atom is 0.341 e. The SMILES string of the molecule is CC(=O)N[C@@H](C)C(=O)Nc1ccc2c(=O)c(C(=O)O)c[nH]c2c1. The summed E-state index contributed by atoms with van der Waals surface area (Å²) in [4.78, 5) is 48.5. The molecule has 0 aliphatic rings. The number of aromatic nitrogens is 1. The largest absolute Gasteiger partial charge is 0.477 e. The molecule has 1 aromatic heterocycles. The number of anilines is 1. The maximum atomic E-state index is 12.0. The predicted octanol–water partition coefficient (Wildman–Crippen LogP) is 0.689. The topological polar surface area (TPSA) is 128 Å². The van der Waals surface area contributed by atoms with Gasteiger partial charge in [-0.15, -0.1) is 0 Å². The first-order valence-electron chi connectivity index (χ1n) is 6.76. The van der Waals surface area contributed by atoms with E-state index in [2.05, 4.69) is 15.6 Å². The molecule has 0 saturated carbocycles. The minimum atomic E-state index is -1.31. The molecule has 23 heavy (non-hydrogen) atoms. The summed E-state index contributed by atoms with van der Waals surface area (Å²) in [5.74, 6) is -2.05. The summed E-state index contributed by atoms with van der Waals surface area (Å²) in [7, 11) is 0. The molecule has 0 unspecified atom stereocenters. The van der Waals surface area contributed by atoms with E-state index in [0.717, 1.165) is 6.20 Å². The Morgan fingerprint density at radius 2 is 1.96 bits per heavy atom. The number of carbonyl (C=O) groups excluding carboxylic acids is 2. The van der Waals surface area contributed by atoms with Gasteiger partial charge in [0.25, 0.3) is 0 Å². The van der Waals surface area contributed by atoms with Gasteiger partial charge in [0, 0.05) is 24.2 Å². The molecule has 8 heteroatoms. The highest BCUT2D eigenvalue weighted by Gasteiger charge is 2.15. The lowest BCUT2D eigenvalue weighted by Crippen LogP contribution is -2.40. The van der Waals surface area contributed by atoms with Gasteiger partial charge in [-0.3, -0.25) is 14.4 Å². The van der Waals surface area contributed by atoms with Crippen LogP contribution < -0.4 is 16.1 Å². The molecule has 0 spiro atoms. The second-order valence-corrected chi connectivity index (χ2v) is 5.01. The van der Waals surface area contributed by atoms with Crippen LogP contribution in [-0.2, 0) is 9.59 Å². The van der Waals surface area contributed by atoms with Crippen LogP contribution in [0.15, 0.2) is 29.2 Å². The van der Waals surface area contributed by atoms with Gasteiger partial charge >= 0.3 is 5.97 Å². The van der Waals surface area contributed by atoms with E-state index in [0.29, 0.717) is 11.2 Å². The highest BCUT2D eigenvalue weighted by Crippen LogP contribution is 2.15. The Morgan fingerprint density at radius 3 is 2.57 bits per heavy atom. The average Bonchev–Trinajstić information content (AvgIpc) is 2.46. The van der Waals surface area contributed by atoms with Crippen molar-refractivity contribution in [2.75, 3.05) is 5.32 Å². The molecule has 1 heterocycles. The molecule has 120 valence electrons. The molecule has 8 nitrogen and oxygen atoms in total. The van der Waals surface area contributed by atoms with E-state index < -0.39 is 23.3 Å². The minimum absolute atomic E-state index is 0.206. The minimum Gasteiger partial charge on any atom is -0.477 e. The van der Waals surface area contributed by atoms with Crippen molar-refractivity contribution in [1.29, 1.82) is 0 Å². The van der Waals surface area contributed by atoms with Gasteiger partial charge in [0.05, 0.1) is 5.52 Å². The number of carboxylic acid groups (broad SMARTS) is 1. The fourth-order valence-electron chi connectivity index (χ4n) is 2.08. The van der Waals surface area contributed by atoms with Crippen molar-refractivity contribution < 1.29 is 19.5 Å². The summed E-state index contributed by atoms with van der Waals surface area (Å²) in [6.45, 7) is 2.85. The molecule has 0 aliphatic carbocycles. The number of benzene rings is 1. The monoisotopic (exact) mass is 317 g/mol. The van der Waals surface area contributed by atoms with Gasteiger partial charge in [0.1, 0.15) is 11.6 Å². The third-order valence-electron chi connectivity index (χ3n) is 3.19. The van der Waals surface area contributed by atoms with Crippen molar-refractivity contribution in [3.05, 3.63) is 40.2 Å². The van der Waals surface area contributed by atoms with Gasteiger partial charge in [-0.2, -0.15) is 0 Å². The Morgan fingerprint density at radius 1 is 1.26 bits per heavy atom. The van der Waals surface area contributed by atoms with Crippen LogP contribution in [0, 0.1) is 0 Å². The number of aromatic carboxylic acids is 1. The van der Waals surface area contributed by atoms with Gasteiger partial charge in [-0.1, -0.05) is 0 Å². The van der Waals surface area contributed by atoms with E-state index in [1.807, 2.05) is 0 Å². The van der Waals surface area contributed by atoms with Crippen molar-refractivity contribution in [3.8, 4) is 0 Å². The summed E-state index contributed by atoms with van der Waals surface area (Å²) >= 11 is 0. The first kappa shape index (κ1) is 16.2. The van der Waals surface area contributed by atoms with Crippen LogP contribution in [0.2, 0.25) is 0 Å². The maximum absolute atomic E-state index is 12.0. The van der Waals surface area contributed by atoms with Gasteiger partial charge in [0.2, 0.25) is 17.2 Å². The average molecular weight is 317 g/mol. The highest BCUT2D eigenvalue weighted by molar-refractivity contribution is 5.98. The number of carboxylic acids is 1. The number of fused-ring (bicyclic) bond motifs is 1. The molecule has 0 saturated heterocycles. The van der Waals surface area contributed by atoms with E-state index >= 15 is 0 Å². The van der Waals surface area contributed by atoms with E-state index in [1.165, 1.54) is 25.1 Å². The van der Waals surface area contributed by atoms with Gasteiger partial charge < -0.3 is 20.7 Å². The van der Waals surface area contributed by atoms with Crippen molar-refractivity contribution in [2.45, 2.75) is 19.9 Å². The van der Waals surface area contributed by atoms with Gasteiger partial charge in [-0.25, -0.2) is 4.79 Å². The number of hydrogen-bond donors (Lipinski definition) is 4. The number of amides is 2. The Hall–Kier alpha value is -3.16. The number of aromatic amines is 1. The van der Waals surface area contributed by atoms with Crippen molar-refractivity contribution >= 4 is 34.4 Å². The quantitative estimate of drug-likeness (QED) is 0.659. The standard InChI is InChI=1S/C15H15N3O5/c1-7(17-8(2)19)14(21)18-9-3-4-10-12(5-9)16-6-11(13(10)20)15(22)23/h3-7H,1-2H3,(H,16,20)(H,17,19)(H,18,21)(H,22,23)/t7-/m0/s1. The Bertz CT molecular complexity index is 856. The molecule has 1 aromatic carbocycles. The lowest BCUT2D eigenvalue weighted by molar-refractivity contribution is -0.124. The van der Waals surface area contributed by atoms with Gasteiger partial charge in [-0.05, 0) is 25.1 Å². The molecule has 0 aliphatic heterocycles. The van der Waals surface area contributed by atoms with E-state index in [1.54, 1.807) is 6.92 Å². The zero-order valence-electron chi connectivity index (χ0n) is 12.5. The van der Waals surface area contributed by atoms with Crippen LogP contribution in [0.25, 0.3) is 10.9 Å². The third-order valence-corrected chi connectivity index (χ3v) is 3.19. The smallest absolute Gasteiger partial charge is 0.341 e. The lowest BCUT2D eigenvalue weighted by Gasteiger charge is -2.13. The van der Waals surface area contributed by atoms with Crippen LogP contribution in [0.5, 0.6) is 0 Å². The van der Waals surface area contributed by atoms with Crippen LogP contribution in [0.3, 0.4) is 0 Å². The molecular formula is C15H15N3O5. The summed E-state index contributed by atoms with van der Waals surface area (Å²) in [6.07, 6.45) is 1.11. The number of carbonyl (C=O) groups is 3. The zero-order chi connectivity index (χ0) is 17.1. The van der Waals surface area contributed by atoms with E-state index in [-0.39, 0.29) is 16.9 Å². The number of pyridine rings is 1. The lowest BCUT2D eigenvalue weighted by atomic mass is 10.1. The molecule has 0 radical (unpaired) electrons. The van der Waals surface area contributed by atoms with Crippen LogP contribution in [0.1, 0.15) is 24.2 Å². The normalized spacial score (nSPS) is 11.7. The van der Waals surface area contributed by atoms with Crippen molar-refractivity contribution in [2.24, 2.45) is 0 Å². The van der Waals surface area contributed by atoms with E-state index in [9.17, 15) is 19.2 Å². The fraction of sp³-hybridized carbons (Fsp3) is 0.200. The summed E-state index contributed by atoms with van der Waals surface area (Å²) < 4.78 is 0. The van der Waals surface area contributed by atoms with Crippen LogP contribution in [-0.4, -0.2) is 33.9 Å². The second kappa shape index (κ2) is 6.30. The number of hydrogen-bond acceptors (Lipinski definition) is 4. The van der Waals surface area contributed by atoms with Crippen LogP contribution in [0.4, 0.5) is 5.69 Å². The molecule has 0 fully saturated rings. The molecule has 2 amide bonds. The van der Waals surface area contributed by atoms with Gasteiger partial charge in [0.15, 0.2) is 0 Å². The first-order valence-corrected chi connectivity index (χ1v) is 6.76. The van der Waals surface area contributed by atoms with Crippen LogP contribution >= 0.6 is 0 Å². The van der Waals surface area contributed by atoms with Crippen molar-refractivity contribution in [1.82, 2.24) is 10.3 Å². The number of nitrogens with one attached hydrogen (secondary N) is 3. The van der Waals surface area contributed by atoms with Crippen molar-refractivity contribution in [3.63, 3.8) is 0 Å². The Kier molecular flexibility index (Phi) is 4.44. The molecular weight excluding hydrogens is 302 g/mol. The zero-order valence-corrected chi connectivity index (χ0v) is 12.5. The number of H-pyrrole nitrogens is 1. The Labute approximate surface area is 130 Å². The summed E-state index contributed by atoms with van der Waals surface area (Å²) in [5, 5.41) is 14.2. The molecule has 2 rings (SSSR count). The van der Waals surface area contributed by atoms with E-state index in [4.69, 9.17) is 5.11 Å². The molecule has 2 aromatic rings. The fourth-order valence-corrected chi connectivity index (χ4v) is 2.08. The molecule has 0 bridgehead atoms. The molecule has 4 N–H and O–H groups in total. The first-order chi connectivity index (χ1) is 10.8. The Balaban J connectivity index is 2.29. The molecule has 1 atom stereocenters. The summed E-state index contributed by atoms with van der Waals surface area (Å²) in [5.41, 5.74) is -0.146. The summed E-state index contributed by atoms with van der Waals surface area (Å²) in [6, 6.07) is 3.72. The number of rotatable bonds is 4. The predicted molar refractivity (Wildman–Crippen MR) is 83.4 cm³/mol. The highest BCUT2D eigenvalue weighted by atomic mass is 16.4. The third kappa shape index (κ3) is 3.54.